The minimum absolute atomic E-state index is 0.129. The zero-order chi connectivity index (χ0) is 21.1. The lowest BCUT2D eigenvalue weighted by atomic mass is 9.95. The number of esters is 1. The second-order valence-electron chi connectivity index (χ2n) is 7.43. The van der Waals surface area contributed by atoms with E-state index in [1.165, 1.54) is 25.1 Å². The van der Waals surface area contributed by atoms with Gasteiger partial charge in [0.15, 0.2) is 6.10 Å². The minimum Gasteiger partial charge on any atom is -0.451 e. The van der Waals surface area contributed by atoms with Gasteiger partial charge < -0.3 is 15.8 Å². The van der Waals surface area contributed by atoms with E-state index < -0.39 is 17.5 Å². The topological polar surface area (TPSA) is 98.5 Å². The summed E-state index contributed by atoms with van der Waals surface area (Å²) in [7, 11) is 0. The monoisotopic (exact) mass is 402 g/mol. The number of nitrogen functional groups attached to an aromatic ring is 1. The molecule has 6 nitrogen and oxygen atoms in total. The Morgan fingerprint density at radius 1 is 1.04 bits per heavy atom. The maximum absolute atomic E-state index is 12.5. The van der Waals surface area contributed by atoms with Gasteiger partial charge in [-0.05, 0) is 49.4 Å². The van der Waals surface area contributed by atoms with Crippen molar-refractivity contribution in [2.24, 2.45) is 5.41 Å². The summed E-state index contributed by atoms with van der Waals surface area (Å²) in [5.41, 5.74) is 6.56. The van der Waals surface area contributed by atoms with Crippen LogP contribution in [-0.2, 0) is 9.53 Å². The summed E-state index contributed by atoms with van der Waals surface area (Å²) in [6.45, 7) is 6.93. The fourth-order valence-electron chi connectivity index (χ4n) is 2.22. The Kier molecular flexibility index (Phi) is 6.46. The summed E-state index contributed by atoms with van der Waals surface area (Å²) < 4.78 is 5.23. The molecule has 3 N–H and O–H groups in total. The van der Waals surface area contributed by atoms with E-state index in [2.05, 4.69) is 5.32 Å². The highest BCUT2D eigenvalue weighted by molar-refractivity contribution is 6.33. The van der Waals surface area contributed by atoms with Crippen molar-refractivity contribution in [2.75, 3.05) is 11.1 Å². The van der Waals surface area contributed by atoms with Gasteiger partial charge in [-0.15, -0.1) is 0 Å². The molecule has 7 heteroatoms. The third-order valence-electron chi connectivity index (χ3n) is 3.99. The van der Waals surface area contributed by atoms with Gasteiger partial charge in [0.2, 0.25) is 11.7 Å². The van der Waals surface area contributed by atoms with Crippen molar-refractivity contribution in [3.05, 3.63) is 58.6 Å². The highest BCUT2D eigenvalue weighted by Crippen LogP contribution is 2.21. The molecule has 0 aliphatic carbocycles. The van der Waals surface area contributed by atoms with Crippen LogP contribution in [0.3, 0.4) is 0 Å². The number of carbonyl (C=O) groups is 3. The van der Waals surface area contributed by atoms with Crippen molar-refractivity contribution >= 4 is 40.6 Å². The van der Waals surface area contributed by atoms with E-state index >= 15 is 0 Å². The number of rotatable bonds is 5. The largest absolute Gasteiger partial charge is 0.451 e. The summed E-state index contributed by atoms with van der Waals surface area (Å²) in [6, 6.07) is 10.8. The first-order chi connectivity index (χ1) is 13.0. The molecule has 148 valence electrons. The van der Waals surface area contributed by atoms with E-state index in [0.29, 0.717) is 16.3 Å². The number of amides is 1. The van der Waals surface area contributed by atoms with Gasteiger partial charge in [0.05, 0.1) is 16.3 Å². The summed E-state index contributed by atoms with van der Waals surface area (Å²) in [5, 5.41) is 3.12. The average Bonchev–Trinajstić information content (AvgIpc) is 2.63. The molecule has 0 fully saturated rings. The number of ketones is 1. The first-order valence-corrected chi connectivity index (χ1v) is 9.08. The number of carbonyl (C=O) groups excluding carboxylic acids is 3. The molecule has 0 unspecified atom stereocenters. The first-order valence-electron chi connectivity index (χ1n) is 8.71. The minimum atomic E-state index is -0.987. The van der Waals surface area contributed by atoms with Crippen LogP contribution < -0.4 is 11.1 Å². The van der Waals surface area contributed by atoms with Crippen LogP contribution >= 0.6 is 11.6 Å². The van der Waals surface area contributed by atoms with Gasteiger partial charge in [-0.3, -0.25) is 9.59 Å². The third-order valence-corrected chi connectivity index (χ3v) is 4.34. The quantitative estimate of drug-likeness (QED) is 0.440. The summed E-state index contributed by atoms with van der Waals surface area (Å²) >= 11 is 5.83. The van der Waals surface area contributed by atoms with Gasteiger partial charge >= 0.3 is 5.97 Å². The predicted molar refractivity (Wildman–Crippen MR) is 110 cm³/mol. The lowest BCUT2D eigenvalue weighted by Gasteiger charge is -2.18. The SMILES string of the molecule is C[C@@H](OC(=O)c1ccc(Cl)c(N)c1)C(=O)c1ccc(NC(=O)C(C)(C)C)cc1. The molecule has 0 aliphatic rings. The Morgan fingerprint density at radius 2 is 1.61 bits per heavy atom. The molecule has 2 aromatic rings. The molecule has 0 aromatic heterocycles. The van der Waals surface area contributed by atoms with Crippen molar-refractivity contribution in [3.8, 4) is 0 Å². The molecular formula is C21H23ClN2O4. The molecule has 1 amide bonds. The number of ether oxygens (including phenoxy) is 1. The van der Waals surface area contributed by atoms with Crippen LogP contribution in [0, 0.1) is 5.41 Å². The molecule has 0 saturated heterocycles. The Morgan fingerprint density at radius 3 is 2.14 bits per heavy atom. The Hall–Kier alpha value is -2.86. The van der Waals surface area contributed by atoms with Crippen LogP contribution in [0.1, 0.15) is 48.4 Å². The number of anilines is 2. The smallest absolute Gasteiger partial charge is 0.338 e. The maximum atomic E-state index is 12.5. The number of nitrogens with one attached hydrogen (secondary N) is 1. The Labute approximate surface area is 169 Å². The van der Waals surface area contributed by atoms with Gasteiger partial charge in [-0.2, -0.15) is 0 Å². The summed E-state index contributed by atoms with van der Waals surface area (Å²) in [6.07, 6.45) is -0.987. The van der Waals surface area contributed by atoms with E-state index in [-0.39, 0.29) is 22.9 Å². The molecule has 0 bridgehead atoms. The van der Waals surface area contributed by atoms with Crippen molar-refractivity contribution in [1.82, 2.24) is 0 Å². The molecule has 2 rings (SSSR count). The zero-order valence-corrected chi connectivity index (χ0v) is 17.0. The van der Waals surface area contributed by atoms with Gasteiger partial charge in [0, 0.05) is 16.7 Å². The summed E-state index contributed by atoms with van der Waals surface area (Å²) in [4.78, 5) is 36.7. The molecule has 0 saturated carbocycles. The van der Waals surface area contributed by atoms with Crippen molar-refractivity contribution in [3.63, 3.8) is 0 Å². The number of benzene rings is 2. The van der Waals surface area contributed by atoms with Crippen molar-refractivity contribution in [1.29, 1.82) is 0 Å². The molecule has 0 aliphatic heterocycles. The second kappa shape index (κ2) is 8.44. The highest BCUT2D eigenvalue weighted by Gasteiger charge is 2.23. The normalized spacial score (nSPS) is 12.2. The third kappa shape index (κ3) is 5.33. The fourth-order valence-corrected chi connectivity index (χ4v) is 2.34. The first kappa shape index (κ1) is 21.4. The summed E-state index contributed by atoms with van der Waals surface area (Å²) in [5.74, 6) is -1.15. The van der Waals surface area contributed by atoms with Gasteiger partial charge in [0.1, 0.15) is 0 Å². The molecule has 0 radical (unpaired) electrons. The number of Topliss-reactive ketones (excluding diaryl/α,β-unsaturated/α-hetero) is 1. The lowest BCUT2D eigenvalue weighted by molar-refractivity contribution is -0.123. The maximum Gasteiger partial charge on any atom is 0.338 e. The van der Waals surface area contributed by atoms with Gasteiger partial charge in [-0.25, -0.2) is 4.79 Å². The molecule has 0 spiro atoms. The number of hydrogen-bond donors (Lipinski definition) is 2. The molecular weight excluding hydrogens is 380 g/mol. The van der Waals surface area contributed by atoms with Crippen LogP contribution in [-0.4, -0.2) is 23.8 Å². The van der Waals surface area contributed by atoms with E-state index in [1.54, 1.807) is 24.3 Å². The average molecular weight is 403 g/mol. The van der Waals surface area contributed by atoms with Crippen molar-refractivity contribution < 1.29 is 19.1 Å². The molecule has 2 aromatic carbocycles. The predicted octanol–water partition coefficient (Wildman–Crippen LogP) is 4.34. The Bertz CT molecular complexity index is 902. The van der Waals surface area contributed by atoms with E-state index in [0.717, 1.165) is 0 Å². The van der Waals surface area contributed by atoms with Crippen LogP contribution in [0.4, 0.5) is 11.4 Å². The number of hydrogen-bond acceptors (Lipinski definition) is 5. The van der Waals surface area contributed by atoms with Crippen LogP contribution in [0.5, 0.6) is 0 Å². The van der Waals surface area contributed by atoms with Gasteiger partial charge in [-0.1, -0.05) is 32.4 Å². The second-order valence-corrected chi connectivity index (χ2v) is 7.84. The Balaban J connectivity index is 2.03. The van der Waals surface area contributed by atoms with E-state index in [4.69, 9.17) is 22.1 Å². The van der Waals surface area contributed by atoms with Crippen molar-refractivity contribution in [2.45, 2.75) is 33.8 Å². The van der Waals surface area contributed by atoms with Crippen LogP contribution in [0.15, 0.2) is 42.5 Å². The number of nitrogens with two attached hydrogens (primary N) is 1. The highest BCUT2D eigenvalue weighted by atomic mass is 35.5. The van der Waals surface area contributed by atoms with Crippen LogP contribution in [0.2, 0.25) is 5.02 Å². The molecule has 28 heavy (non-hydrogen) atoms. The fraction of sp³-hybridized carbons (Fsp3) is 0.286. The van der Waals surface area contributed by atoms with Crippen LogP contribution in [0.25, 0.3) is 0 Å². The molecule has 1 atom stereocenters. The van der Waals surface area contributed by atoms with E-state index in [1.807, 2.05) is 20.8 Å². The zero-order valence-electron chi connectivity index (χ0n) is 16.2. The standard InChI is InChI=1S/C21H23ClN2O4/c1-12(28-19(26)14-7-10-16(22)17(23)11-14)18(25)13-5-8-15(9-6-13)24-20(27)21(2,3)4/h5-12H,23H2,1-4H3,(H,24,27)/t12-/m1/s1. The number of halogens is 1. The van der Waals surface area contributed by atoms with E-state index in [9.17, 15) is 14.4 Å². The van der Waals surface area contributed by atoms with Gasteiger partial charge in [0.25, 0.3) is 0 Å². The molecule has 0 heterocycles. The lowest BCUT2D eigenvalue weighted by Crippen LogP contribution is -2.27.